The minimum Gasteiger partial charge on any atom is -0.491 e. The van der Waals surface area contributed by atoms with Crippen LogP contribution in [0.5, 0.6) is 5.75 Å². The molecular weight excluding hydrogens is 484 g/mol. The third-order valence-electron chi connectivity index (χ3n) is 6.88. The van der Waals surface area contributed by atoms with E-state index in [4.69, 9.17) is 4.74 Å². The Morgan fingerprint density at radius 2 is 1.84 bits per heavy atom. The maximum Gasteiger partial charge on any atom is 0.234 e. The molecule has 0 saturated carbocycles. The summed E-state index contributed by atoms with van der Waals surface area (Å²) in [4.78, 5) is 21.7. The van der Waals surface area contributed by atoms with Crippen molar-refractivity contribution in [2.24, 2.45) is 0 Å². The molecule has 0 spiro atoms. The number of thiazole rings is 1. The predicted octanol–water partition coefficient (Wildman–Crippen LogP) is 3.99. The molecule has 2 heterocycles. The first-order valence-electron chi connectivity index (χ1n) is 12.8. The first-order chi connectivity index (χ1) is 17.9. The van der Waals surface area contributed by atoms with Crippen molar-refractivity contribution in [3.05, 3.63) is 71.2 Å². The van der Waals surface area contributed by atoms with Crippen molar-refractivity contribution in [3.8, 4) is 5.75 Å². The monoisotopic (exact) mass is 518 g/mol. The van der Waals surface area contributed by atoms with Gasteiger partial charge in [0.25, 0.3) is 0 Å². The maximum atomic E-state index is 12.8. The number of piperazine rings is 1. The number of carbonyl (C=O) groups is 1. The fourth-order valence-electron chi connectivity index (χ4n) is 4.98. The number of hydrogen-bond donors (Lipinski definition) is 2. The van der Waals surface area contributed by atoms with Gasteiger partial charge in [-0.3, -0.25) is 14.6 Å². The third kappa shape index (κ3) is 6.45. The average molecular weight is 519 g/mol. The van der Waals surface area contributed by atoms with Crippen LogP contribution in [0.4, 0.5) is 0 Å². The lowest BCUT2D eigenvalue weighted by atomic mass is 10.00. The van der Waals surface area contributed by atoms with Gasteiger partial charge >= 0.3 is 0 Å². The zero-order valence-corrected chi connectivity index (χ0v) is 22.2. The first kappa shape index (κ1) is 25.6. The number of β-amino-alcohol motifs (C(OH)–C–C–N with tert-alkyl or cyclic N) is 1. The van der Waals surface area contributed by atoms with Crippen LogP contribution in [0, 0.1) is 6.92 Å². The van der Waals surface area contributed by atoms with Crippen molar-refractivity contribution >= 4 is 38.2 Å². The normalized spacial score (nSPS) is 16.6. The highest BCUT2D eigenvalue weighted by Crippen LogP contribution is 2.26. The Kier molecular flexibility index (Phi) is 8.00. The Morgan fingerprint density at radius 1 is 1.08 bits per heavy atom. The van der Waals surface area contributed by atoms with Crippen LogP contribution < -0.4 is 10.1 Å². The second-order valence-electron chi connectivity index (χ2n) is 9.76. The number of rotatable bonds is 9. The molecule has 0 bridgehead atoms. The van der Waals surface area contributed by atoms with E-state index in [0.717, 1.165) is 52.7 Å². The van der Waals surface area contributed by atoms with Crippen LogP contribution in [0.3, 0.4) is 0 Å². The summed E-state index contributed by atoms with van der Waals surface area (Å²) in [5, 5.41) is 17.1. The Labute approximate surface area is 221 Å². The molecule has 2 atom stereocenters. The smallest absolute Gasteiger partial charge is 0.234 e. The predicted molar refractivity (Wildman–Crippen MR) is 149 cm³/mol. The van der Waals surface area contributed by atoms with Crippen molar-refractivity contribution in [2.45, 2.75) is 26.0 Å². The topological polar surface area (TPSA) is 77.9 Å². The van der Waals surface area contributed by atoms with Gasteiger partial charge in [-0.25, -0.2) is 4.98 Å². The van der Waals surface area contributed by atoms with Gasteiger partial charge in [0.15, 0.2) is 0 Å². The van der Waals surface area contributed by atoms with Crippen LogP contribution in [0.25, 0.3) is 21.0 Å². The summed E-state index contributed by atoms with van der Waals surface area (Å²) in [6, 6.07) is 20.3. The highest BCUT2D eigenvalue weighted by atomic mass is 32.1. The molecule has 0 radical (unpaired) electrons. The maximum absolute atomic E-state index is 12.8. The molecule has 4 aromatic rings. The summed E-state index contributed by atoms with van der Waals surface area (Å²) >= 11 is 1.66. The van der Waals surface area contributed by atoms with Gasteiger partial charge in [-0.05, 0) is 42.3 Å². The van der Waals surface area contributed by atoms with Crippen molar-refractivity contribution in [2.75, 3.05) is 45.9 Å². The Balaban J connectivity index is 1.04. The summed E-state index contributed by atoms with van der Waals surface area (Å²) in [6.07, 6.45) is -0.579. The number of aliphatic hydroxyl groups excluding tert-OH is 1. The average Bonchev–Trinajstić information content (AvgIpc) is 3.27. The SMILES string of the molecule is Cc1nc2cc(OCC(O)CN3CCN(CC(=O)N[C@@H](C)c4cccc5ccccc45)CC3)ccc2s1. The molecule has 194 valence electrons. The molecule has 37 heavy (non-hydrogen) atoms. The van der Waals surface area contributed by atoms with E-state index in [1.807, 2.05) is 50.2 Å². The highest BCUT2D eigenvalue weighted by molar-refractivity contribution is 7.18. The molecule has 1 aromatic heterocycles. The first-order valence-corrected chi connectivity index (χ1v) is 13.7. The summed E-state index contributed by atoms with van der Waals surface area (Å²) in [7, 11) is 0. The molecule has 1 aliphatic rings. The minimum atomic E-state index is -0.579. The molecule has 5 rings (SSSR count). The molecule has 8 heteroatoms. The van der Waals surface area contributed by atoms with E-state index in [-0.39, 0.29) is 18.6 Å². The van der Waals surface area contributed by atoms with Crippen LogP contribution in [0.2, 0.25) is 0 Å². The Bertz CT molecular complexity index is 1360. The van der Waals surface area contributed by atoms with E-state index in [0.29, 0.717) is 13.1 Å². The molecule has 3 aromatic carbocycles. The lowest BCUT2D eigenvalue weighted by molar-refractivity contribution is -0.123. The van der Waals surface area contributed by atoms with Gasteiger partial charge in [0.2, 0.25) is 5.91 Å². The van der Waals surface area contributed by atoms with Gasteiger partial charge in [0, 0.05) is 38.8 Å². The quantitative estimate of drug-likeness (QED) is 0.349. The van der Waals surface area contributed by atoms with Crippen molar-refractivity contribution in [1.29, 1.82) is 0 Å². The fourth-order valence-corrected chi connectivity index (χ4v) is 5.79. The number of carbonyl (C=O) groups excluding carboxylic acids is 1. The lowest BCUT2D eigenvalue weighted by Gasteiger charge is -2.35. The number of amides is 1. The van der Waals surface area contributed by atoms with Gasteiger partial charge < -0.3 is 15.2 Å². The molecule has 1 saturated heterocycles. The Morgan fingerprint density at radius 3 is 2.68 bits per heavy atom. The van der Waals surface area contributed by atoms with E-state index in [1.165, 1.54) is 10.8 Å². The number of ether oxygens (including phenoxy) is 1. The van der Waals surface area contributed by atoms with Crippen LogP contribution in [0.1, 0.15) is 23.5 Å². The van der Waals surface area contributed by atoms with Gasteiger partial charge in [-0.2, -0.15) is 0 Å². The molecule has 0 aliphatic carbocycles. The summed E-state index contributed by atoms with van der Waals surface area (Å²) in [5.41, 5.74) is 2.07. The van der Waals surface area contributed by atoms with Crippen LogP contribution in [-0.4, -0.2) is 77.8 Å². The summed E-state index contributed by atoms with van der Waals surface area (Å²) < 4.78 is 6.96. The molecule has 1 amide bonds. The zero-order valence-electron chi connectivity index (χ0n) is 21.4. The molecule has 1 unspecified atom stereocenters. The highest BCUT2D eigenvalue weighted by Gasteiger charge is 2.22. The second-order valence-corrected chi connectivity index (χ2v) is 11.0. The standard InChI is InChI=1S/C29H34N4O3S/c1-20(25-9-5-7-22-6-3-4-8-26(22)25)30-29(35)18-33-14-12-32(13-15-33)17-23(34)19-36-24-10-11-28-27(16-24)31-21(2)37-28/h3-11,16,20,23,34H,12-15,17-19H2,1-2H3,(H,30,35)/t20-,23?/m0/s1. The molecule has 2 N–H and O–H groups in total. The minimum absolute atomic E-state index is 0.0367. The summed E-state index contributed by atoms with van der Waals surface area (Å²) in [6.45, 7) is 8.42. The number of aromatic nitrogens is 1. The van der Waals surface area contributed by atoms with Crippen LogP contribution >= 0.6 is 11.3 Å². The molecular formula is C29H34N4O3S. The largest absolute Gasteiger partial charge is 0.491 e. The van der Waals surface area contributed by atoms with Gasteiger partial charge in [0.05, 0.1) is 27.8 Å². The Hall–Kier alpha value is -3.04. The lowest BCUT2D eigenvalue weighted by Crippen LogP contribution is -2.51. The van der Waals surface area contributed by atoms with Gasteiger partial charge in [-0.15, -0.1) is 11.3 Å². The number of hydrogen-bond acceptors (Lipinski definition) is 7. The number of aliphatic hydroxyl groups is 1. The number of benzene rings is 3. The van der Waals surface area contributed by atoms with E-state index < -0.39 is 6.10 Å². The van der Waals surface area contributed by atoms with E-state index in [2.05, 4.69) is 44.4 Å². The zero-order chi connectivity index (χ0) is 25.8. The number of fused-ring (bicyclic) bond motifs is 2. The van der Waals surface area contributed by atoms with Crippen LogP contribution in [-0.2, 0) is 4.79 Å². The van der Waals surface area contributed by atoms with E-state index >= 15 is 0 Å². The number of nitrogens with zero attached hydrogens (tertiary/aromatic N) is 3. The van der Waals surface area contributed by atoms with Crippen molar-refractivity contribution < 1.29 is 14.6 Å². The molecule has 1 fully saturated rings. The van der Waals surface area contributed by atoms with Crippen molar-refractivity contribution in [3.63, 3.8) is 0 Å². The summed E-state index contributed by atoms with van der Waals surface area (Å²) in [5.74, 6) is 0.764. The number of nitrogens with one attached hydrogen (secondary N) is 1. The van der Waals surface area contributed by atoms with E-state index in [9.17, 15) is 9.90 Å². The van der Waals surface area contributed by atoms with Crippen LogP contribution in [0.15, 0.2) is 60.7 Å². The van der Waals surface area contributed by atoms with Crippen molar-refractivity contribution in [1.82, 2.24) is 20.1 Å². The second kappa shape index (κ2) is 11.6. The third-order valence-corrected chi connectivity index (χ3v) is 7.83. The number of aryl methyl sites for hydroxylation is 1. The fraction of sp³-hybridized carbons (Fsp3) is 0.379. The van der Waals surface area contributed by atoms with E-state index in [1.54, 1.807) is 11.3 Å². The van der Waals surface area contributed by atoms with Gasteiger partial charge in [0.1, 0.15) is 18.5 Å². The molecule has 7 nitrogen and oxygen atoms in total. The van der Waals surface area contributed by atoms with Gasteiger partial charge in [-0.1, -0.05) is 42.5 Å². The molecule has 1 aliphatic heterocycles.